The van der Waals surface area contributed by atoms with Crippen LogP contribution in [0.1, 0.15) is 64.8 Å². The number of imide groups is 2. The summed E-state index contributed by atoms with van der Waals surface area (Å²) in [4.78, 5) is 68.3. The topological polar surface area (TPSA) is 145 Å². The summed E-state index contributed by atoms with van der Waals surface area (Å²) in [7, 11) is 0. The number of anilines is 2. The Hall–Kier alpha value is -4.90. The van der Waals surface area contributed by atoms with Gasteiger partial charge in [-0.2, -0.15) is 13.2 Å². The molecule has 1 aromatic heterocycles. The van der Waals surface area contributed by atoms with Crippen LogP contribution >= 0.6 is 23.2 Å². The Morgan fingerprint density at radius 3 is 2.18 bits per heavy atom. The first-order valence-electron chi connectivity index (χ1n) is 20.3. The van der Waals surface area contributed by atoms with E-state index in [0.717, 1.165) is 107 Å². The lowest BCUT2D eigenvalue weighted by atomic mass is 9.93. The number of phenols is 1. The second kappa shape index (κ2) is 15.9. The Bertz CT molecular complexity index is 2390. The van der Waals surface area contributed by atoms with Gasteiger partial charge in [0.05, 0.1) is 49.0 Å². The molecular formula is C42H43Cl2F3N8O5. The van der Waals surface area contributed by atoms with Gasteiger partial charge in [-0.25, -0.2) is 4.98 Å². The number of amides is 4. The van der Waals surface area contributed by atoms with Gasteiger partial charge in [0, 0.05) is 70.0 Å². The number of hydrogen-bond acceptors (Lipinski definition) is 10. The lowest BCUT2D eigenvalue weighted by molar-refractivity contribution is -0.138. The van der Waals surface area contributed by atoms with Gasteiger partial charge in [-0.05, 0) is 87.5 Å². The highest BCUT2D eigenvalue weighted by atomic mass is 35.5. The van der Waals surface area contributed by atoms with E-state index in [-0.39, 0.29) is 51.6 Å². The van der Waals surface area contributed by atoms with Gasteiger partial charge >= 0.3 is 6.18 Å². The van der Waals surface area contributed by atoms with Crippen LogP contribution < -0.4 is 15.1 Å². The first-order valence-corrected chi connectivity index (χ1v) is 21.1. The molecular weight excluding hydrogens is 824 g/mol. The predicted octanol–water partition coefficient (Wildman–Crippen LogP) is 6.17. The number of piperidine rings is 3. The summed E-state index contributed by atoms with van der Waals surface area (Å²) in [5.74, 6) is -1.39. The van der Waals surface area contributed by atoms with E-state index in [1.54, 1.807) is 24.3 Å². The summed E-state index contributed by atoms with van der Waals surface area (Å²) >= 11 is 12.9. The van der Waals surface area contributed by atoms with Crippen molar-refractivity contribution in [2.24, 2.45) is 5.92 Å². The van der Waals surface area contributed by atoms with Crippen LogP contribution in [-0.4, -0.2) is 124 Å². The number of alkyl halides is 3. The summed E-state index contributed by atoms with van der Waals surface area (Å²) in [6.45, 7) is 7.94. The Balaban J connectivity index is 0.740. The number of carbonyl (C=O) groups excluding carboxylic acids is 4. The molecule has 9 rings (SSSR count). The zero-order valence-corrected chi connectivity index (χ0v) is 34.0. The number of aromatic amines is 1. The zero-order valence-electron chi connectivity index (χ0n) is 32.5. The van der Waals surface area contributed by atoms with Crippen molar-refractivity contribution < 1.29 is 37.5 Å². The number of nitrogens with zero attached hydrogens (tertiary/aromatic N) is 6. The fourth-order valence-corrected chi connectivity index (χ4v) is 10.1. The molecule has 3 N–H and O–H groups in total. The number of aromatic hydroxyl groups is 1. The number of imidazole rings is 1. The molecule has 18 heteroatoms. The minimum Gasteiger partial charge on any atom is -0.507 e. The molecule has 5 aliphatic heterocycles. The first kappa shape index (κ1) is 40.5. The van der Waals surface area contributed by atoms with Gasteiger partial charge in [-0.1, -0.05) is 23.2 Å². The molecule has 0 aliphatic carbocycles. The van der Waals surface area contributed by atoms with E-state index in [4.69, 9.17) is 23.2 Å². The van der Waals surface area contributed by atoms with Crippen LogP contribution in [0.2, 0.25) is 10.0 Å². The number of H-pyrrole nitrogens is 1. The van der Waals surface area contributed by atoms with E-state index in [0.29, 0.717) is 28.2 Å². The Morgan fingerprint density at radius 2 is 1.48 bits per heavy atom. The minimum absolute atomic E-state index is 0.0321. The fourth-order valence-electron chi connectivity index (χ4n) is 9.53. The zero-order chi connectivity index (χ0) is 42.0. The summed E-state index contributed by atoms with van der Waals surface area (Å²) in [5.41, 5.74) is 1.78. The molecule has 0 spiro atoms. The van der Waals surface area contributed by atoms with Crippen LogP contribution in [0.4, 0.5) is 24.5 Å². The Morgan fingerprint density at radius 1 is 0.767 bits per heavy atom. The van der Waals surface area contributed by atoms with Crippen molar-refractivity contribution in [3.8, 4) is 17.1 Å². The van der Waals surface area contributed by atoms with Crippen molar-refractivity contribution in [2.75, 3.05) is 68.7 Å². The van der Waals surface area contributed by atoms with Gasteiger partial charge in [0.15, 0.2) is 0 Å². The summed E-state index contributed by atoms with van der Waals surface area (Å²) in [5, 5.41) is 13.5. The maximum absolute atomic E-state index is 13.3. The summed E-state index contributed by atoms with van der Waals surface area (Å²) in [6, 6.07) is 9.74. The van der Waals surface area contributed by atoms with E-state index in [2.05, 4.69) is 34.9 Å². The average Bonchev–Trinajstić information content (AvgIpc) is 3.77. The molecule has 3 aromatic carbocycles. The average molecular weight is 868 g/mol. The number of halogens is 5. The van der Waals surface area contributed by atoms with E-state index >= 15 is 0 Å². The quantitative estimate of drug-likeness (QED) is 0.185. The van der Waals surface area contributed by atoms with Crippen molar-refractivity contribution in [3.63, 3.8) is 0 Å². The molecule has 0 radical (unpaired) electrons. The van der Waals surface area contributed by atoms with Gasteiger partial charge in [0.25, 0.3) is 11.8 Å². The van der Waals surface area contributed by atoms with Crippen LogP contribution in [-0.2, 0) is 15.8 Å². The lowest BCUT2D eigenvalue weighted by Gasteiger charge is -2.44. The largest absolute Gasteiger partial charge is 0.507 e. The molecule has 4 amide bonds. The van der Waals surface area contributed by atoms with Crippen molar-refractivity contribution >= 4 is 69.2 Å². The molecule has 60 heavy (non-hydrogen) atoms. The van der Waals surface area contributed by atoms with Gasteiger partial charge in [-0.15, -0.1) is 0 Å². The third kappa shape index (κ3) is 7.67. The molecule has 0 saturated carbocycles. The number of phenolic OH excluding ortho intramolecular Hbond substituents is 1. The molecule has 4 aromatic rings. The smallest absolute Gasteiger partial charge is 0.416 e. The molecule has 13 nitrogen and oxygen atoms in total. The highest BCUT2D eigenvalue weighted by Gasteiger charge is 2.45. The number of rotatable bonds is 7. The molecule has 4 saturated heterocycles. The predicted molar refractivity (Wildman–Crippen MR) is 220 cm³/mol. The highest BCUT2D eigenvalue weighted by molar-refractivity contribution is 6.35. The highest BCUT2D eigenvalue weighted by Crippen LogP contribution is 2.41. The van der Waals surface area contributed by atoms with E-state index in [1.807, 2.05) is 6.07 Å². The number of carbonyl (C=O) groups is 4. The number of likely N-dealkylation sites (tertiary alicyclic amines) is 1. The van der Waals surface area contributed by atoms with Gasteiger partial charge < -0.3 is 24.8 Å². The molecule has 316 valence electrons. The SMILES string of the molecule is O=C1CCC(N2C(=O)c3ccc(N4CCC(CN5CCC(N6CCN(c7cc(O)c(-c8nc9cc(C(F)(F)F)cc(Cl)c9[nH]8)cc7Cl)CC6)CC5)CC4)cc3C2=O)C(=O)N1. The summed E-state index contributed by atoms with van der Waals surface area (Å²) in [6.07, 6.45) is -0.172. The van der Waals surface area contributed by atoms with Crippen LogP contribution in [0.5, 0.6) is 5.75 Å². The standard InChI is InChI=1S/C42H43Cl2F3N8O5/c43-30-20-29(38-48-32-18-24(42(45,46)47)17-31(44)37(32)50-38)35(56)21-34(30)54-15-13-53(14-16-54)25-7-9-51(10-8-25)22-23-5-11-52(12-6-23)26-1-2-27-28(19-26)41(60)55(40(27)59)33-3-4-36(57)49-39(33)58/h1-2,17-21,23,25,33,56H,3-16,22H2,(H,48,50)(H,49,57,58). The first-order chi connectivity index (χ1) is 28.7. The monoisotopic (exact) mass is 866 g/mol. The third-order valence-electron chi connectivity index (χ3n) is 12.8. The molecule has 1 atom stereocenters. The molecule has 5 aliphatic rings. The second-order valence-corrected chi connectivity index (χ2v) is 17.2. The lowest BCUT2D eigenvalue weighted by Crippen LogP contribution is -2.54. The number of fused-ring (bicyclic) bond motifs is 2. The van der Waals surface area contributed by atoms with Gasteiger partial charge in [-0.3, -0.25) is 34.3 Å². The van der Waals surface area contributed by atoms with Crippen molar-refractivity contribution in [2.45, 2.75) is 56.8 Å². The minimum atomic E-state index is -4.58. The Labute approximate surface area is 353 Å². The van der Waals surface area contributed by atoms with Crippen LogP contribution in [0.25, 0.3) is 22.4 Å². The maximum atomic E-state index is 13.3. The number of aromatic nitrogens is 2. The van der Waals surface area contributed by atoms with Crippen LogP contribution in [0, 0.1) is 5.92 Å². The van der Waals surface area contributed by atoms with Crippen LogP contribution in [0.3, 0.4) is 0 Å². The van der Waals surface area contributed by atoms with Crippen molar-refractivity contribution in [3.05, 3.63) is 69.2 Å². The third-order valence-corrected chi connectivity index (χ3v) is 13.4. The molecule has 6 heterocycles. The van der Waals surface area contributed by atoms with Crippen molar-refractivity contribution in [1.82, 2.24) is 30.0 Å². The summed E-state index contributed by atoms with van der Waals surface area (Å²) < 4.78 is 40.0. The number of nitrogens with one attached hydrogen (secondary N) is 2. The number of hydrogen-bond donors (Lipinski definition) is 3. The normalized spacial score (nSPS) is 21.7. The maximum Gasteiger partial charge on any atom is 0.416 e. The second-order valence-electron chi connectivity index (χ2n) is 16.4. The molecule has 0 bridgehead atoms. The van der Waals surface area contributed by atoms with Gasteiger partial charge in [0.1, 0.15) is 17.6 Å². The van der Waals surface area contributed by atoms with Crippen molar-refractivity contribution in [1.29, 1.82) is 0 Å². The van der Waals surface area contributed by atoms with Crippen LogP contribution in [0.15, 0.2) is 42.5 Å². The fraction of sp³-hybridized carbons (Fsp3) is 0.452. The molecule has 4 fully saturated rings. The van der Waals surface area contributed by atoms with E-state index in [9.17, 15) is 37.5 Å². The Kier molecular flexibility index (Phi) is 10.7. The number of piperazine rings is 1. The van der Waals surface area contributed by atoms with E-state index < -0.39 is 41.4 Å². The van der Waals surface area contributed by atoms with Gasteiger partial charge in [0.2, 0.25) is 11.8 Å². The molecule has 1 unspecified atom stereocenters. The van der Waals surface area contributed by atoms with E-state index in [1.165, 1.54) is 0 Å². The number of benzene rings is 3.